The van der Waals surface area contributed by atoms with E-state index < -0.39 is 12.1 Å². The van der Waals surface area contributed by atoms with Crippen LogP contribution < -0.4 is 5.32 Å². The van der Waals surface area contributed by atoms with Crippen molar-refractivity contribution in [3.63, 3.8) is 0 Å². The van der Waals surface area contributed by atoms with Crippen LogP contribution in [0, 0.1) is 0 Å². The molecule has 2 amide bonds. The Hall–Kier alpha value is -3.35. The lowest BCUT2D eigenvalue weighted by Gasteiger charge is -2.26. The van der Waals surface area contributed by atoms with E-state index >= 15 is 0 Å². The number of carbonyl (C=O) groups is 3. The molecule has 0 spiro atoms. The number of rotatable bonds is 8. The zero-order valence-electron chi connectivity index (χ0n) is 18.8. The molecule has 0 aromatic heterocycles. The molecule has 2 aliphatic rings. The van der Waals surface area contributed by atoms with Gasteiger partial charge >= 0.3 is 12.1 Å². The van der Waals surface area contributed by atoms with Gasteiger partial charge in [0.1, 0.15) is 6.61 Å². The molecule has 1 aliphatic heterocycles. The number of ether oxygens (including phenoxy) is 1. The van der Waals surface area contributed by atoms with Crippen molar-refractivity contribution in [3.05, 3.63) is 59.7 Å². The van der Waals surface area contributed by atoms with Crippen molar-refractivity contribution in [3.8, 4) is 11.1 Å². The first-order valence-corrected chi connectivity index (χ1v) is 11.6. The van der Waals surface area contributed by atoms with Gasteiger partial charge in [-0.1, -0.05) is 55.5 Å². The summed E-state index contributed by atoms with van der Waals surface area (Å²) in [5.74, 6) is -1.04. The SMILES string of the molecule is CC[C@@H](CC(=O)N1CCC[C@@H]1CC(=O)O)NC(=O)OCC1c2ccccc2-c2ccccc21. The fraction of sp³-hybridized carbons (Fsp3) is 0.423. The van der Waals surface area contributed by atoms with Gasteiger partial charge in [-0.25, -0.2) is 4.79 Å². The summed E-state index contributed by atoms with van der Waals surface area (Å²) >= 11 is 0. The van der Waals surface area contributed by atoms with Crippen molar-refractivity contribution in [2.75, 3.05) is 13.2 Å². The first kappa shape index (κ1) is 22.8. The van der Waals surface area contributed by atoms with Gasteiger partial charge in [-0.05, 0) is 41.5 Å². The van der Waals surface area contributed by atoms with Crippen LogP contribution in [-0.2, 0) is 14.3 Å². The molecule has 2 N–H and O–H groups in total. The fourth-order valence-electron chi connectivity index (χ4n) is 5.01. The van der Waals surface area contributed by atoms with Crippen LogP contribution in [-0.4, -0.2) is 53.2 Å². The predicted octanol–water partition coefficient (Wildman–Crippen LogP) is 4.16. The Labute approximate surface area is 193 Å². The highest BCUT2D eigenvalue weighted by atomic mass is 16.5. The lowest BCUT2D eigenvalue weighted by atomic mass is 9.98. The van der Waals surface area contributed by atoms with Gasteiger partial charge in [0.05, 0.1) is 6.42 Å². The minimum absolute atomic E-state index is 0.0220. The molecule has 7 nitrogen and oxygen atoms in total. The fourth-order valence-corrected chi connectivity index (χ4v) is 5.01. The summed E-state index contributed by atoms with van der Waals surface area (Å²) in [6.45, 7) is 2.69. The average Bonchev–Trinajstić information content (AvgIpc) is 3.39. The molecule has 1 fully saturated rings. The third-order valence-corrected chi connectivity index (χ3v) is 6.69. The lowest BCUT2D eigenvalue weighted by Crippen LogP contribution is -2.43. The predicted molar refractivity (Wildman–Crippen MR) is 124 cm³/mol. The maximum Gasteiger partial charge on any atom is 0.407 e. The smallest absolute Gasteiger partial charge is 0.407 e. The minimum Gasteiger partial charge on any atom is -0.481 e. The van der Waals surface area contributed by atoms with E-state index in [9.17, 15) is 14.4 Å². The van der Waals surface area contributed by atoms with Crippen LogP contribution in [0.3, 0.4) is 0 Å². The summed E-state index contributed by atoms with van der Waals surface area (Å²) in [6, 6.07) is 15.7. The molecule has 7 heteroatoms. The van der Waals surface area contributed by atoms with Crippen LogP contribution in [0.5, 0.6) is 0 Å². The largest absolute Gasteiger partial charge is 0.481 e. The van der Waals surface area contributed by atoms with E-state index in [4.69, 9.17) is 9.84 Å². The van der Waals surface area contributed by atoms with Crippen LogP contribution in [0.15, 0.2) is 48.5 Å². The van der Waals surface area contributed by atoms with E-state index in [1.165, 1.54) is 11.1 Å². The summed E-state index contributed by atoms with van der Waals surface area (Å²) < 4.78 is 5.60. The molecule has 2 atom stereocenters. The lowest BCUT2D eigenvalue weighted by molar-refractivity contribution is -0.140. The monoisotopic (exact) mass is 450 g/mol. The van der Waals surface area contributed by atoms with Crippen molar-refractivity contribution >= 4 is 18.0 Å². The molecule has 0 radical (unpaired) electrons. The number of fused-ring (bicyclic) bond motifs is 3. The summed E-state index contributed by atoms with van der Waals surface area (Å²) in [7, 11) is 0. The maximum absolute atomic E-state index is 12.8. The van der Waals surface area contributed by atoms with E-state index in [1.807, 2.05) is 31.2 Å². The molecule has 1 aliphatic carbocycles. The molecule has 1 heterocycles. The van der Waals surface area contributed by atoms with Crippen LogP contribution in [0.2, 0.25) is 0 Å². The van der Waals surface area contributed by atoms with Crippen molar-refractivity contribution in [1.29, 1.82) is 0 Å². The first-order chi connectivity index (χ1) is 16.0. The normalized spacial score (nSPS) is 17.8. The van der Waals surface area contributed by atoms with Gasteiger partial charge in [-0.3, -0.25) is 9.59 Å². The van der Waals surface area contributed by atoms with Crippen LogP contribution >= 0.6 is 0 Å². The number of likely N-dealkylation sites (tertiary alicyclic amines) is 1. The molecule has 33 heavy (non-hydrogen) atoms. The van der Waals surface area contributed by atoms with Crippen LogP contribution in [0.1, 0.15) is 56.1 Å². The summed E-state index contributed by atoms with van der Waals surface area (Å²) in [6.07, 6.45) is 1.64. The van der Waals surface area contributed by atoms with Gasteiger partial charge in [0.2, 0.25) is 5.91 Å². The summed E-state index contributed by atoms with van der Waals surface area (Å²) in [4.78, 5) is 38.1. The van der Waals surface area contributed by atoms with E-state index in [0.717, 1.165) is 17.5 Å². The van der Waals surface area contributed by atoms with Crippen LogP contribution in [0.4, 0.5) is 4.79 Å². The molecule has 0 unspecified atom stereocenters. The highest BCUT2D eigenvalue weighted by Gasteiger charge is 2.32. The third-order valence-electron chi connectivity index (χ3n) is 6.69. The molecular formula is C26H30N2O5. The quantitative estimate of drug-likeness (QED) is 0.630. The van der Waals surface area contributed by atoms with E-state index in [2.05, 4.69) is 29.6 Å². The van der Waals surface area contributed by atoms with Crippen LogP contribution in [0.25, 0.3) is 11.1 Å². The number of alkyl carbamates (subject to hydrolysis) is 1. The van der Waals surface area contributed by atoms with E-state index in [-0.39, 0.29) is 43.4 Å². The Kier molecular flexibility index (Phi) is 6.96. The molecule has 174 valence electrons. The zero-order valence-corrected chi connectivity index (χ0v) is 18.8. The van der Waals surface area contributed by atoms with Gasteiger partial charge < -0.3 is 20.1 Å². The second kappa shape index (κ2) is 10.1. The number of amides is 2. The molecule has 2 aromatic carbocycles. The topological polar surface area (TPSA) is 95.9 Å². The number of nitrogens with zero attached hydrogens (tertiary/aromatic N) is 1. The van der Waals surface area contributed by atoms with Crippen molar-refractivity contribution < 1.29 is 24.2 Å². The molecule has 1 saturated heterocycles. The zero-order chi connectivity index (χ0) is 23.4. The Bertz CT molecular complexity index is 991. The van der Waals surface area contributed by atoms with E-state index in [0.29, 0.717) is 19.4 Å². The summed E-state index contributed by atoms with van der Waals surface area (Å²) in [5.41, 5.74) is 4.63. The Morgan fingerprint density at radius 3 is 2.33 bits per heavy atom. The third kappa shape index (κ3) is 5.02. The Morgan fingerprint density at radius 2 is 1.73 bits per heavy atom. The highest BCUT2D eigenvalue weighted by Crippen LogP contribution is 2.44. The number of carbonyl (C=O) groups excluding carboxylic acids is 2. The Morgan fingerprint density at radius 1 is 1.09 bits per heavy atom. The number of carboxylic acids is 1. The number of nitrogens with one attached hydrogen (secondary N) is 1. The molecule has 0 saturated carbocycles. The number of aliphatic carboxylic acids is 1. The van der Waals surface area contributed by atoms with Gasteiger partial charge in [-0.15, -0.1) is 0 Å². The number of hydrogen-bond donors (Lipinski definition) is 2. The van der Waals surface area contributed by atoms with Crippen molar-refractivity contribution in [1.82, 2.24) is 10.2 Å². The van der Waals surface area contributed by atoms with Gasteiger partial charge in [0.25, 0.3) is 0 Å². The summed E-state index contributed by atoms with van der Waals surface area (Å²) in [5, 5.41) is 11.9. The number of benzene rings is 2. The highest BCUT2D eigenvalue weighted by molar-refractivity contribution is 5.80. The molecule has 0 bridgehead atoms. The molecule has 2 aromatic rings. The van der Waals surface area contributed by atoms with Crippen molar-refractivity contribution in [2.24, 2.45) is 0 Å². The first-order valence-electron chi connectivity index (χ1n) is 11.6. The number of carboxylic acid groups (broad SMARTS) is 1. The second-order valence-corrected chi connectivity index (χ2v) is 8.76. The molecule has 4 rings (SSSR count). The Balaban J connectivity index is 1.34. The maximum atomic E-state index is 12.8. The van der Waals surface area contributed by atoms with Crippen molar-refractivity contribution in [2.45, 2.75) is 57.0 Å². The number of hydrogen-bond acceptors (Lipinski definition) is 4. The van der Waals surface area contributed by atoms with E-state index in [1.54, 1.807) is 4.90 Å². The second-order valence-electron chi connectivity index (χ2n) is 8.76. The van der Waals surface area contributed by atoms with Gasteiger partial charge in [0.15, 0.2) is 0 Å². The average molecular weight is 451 g/mol. The van der Waals surface area contributed by atoms with Gasteiger partial charge in [-0.2, -0.15) is 0 Å². The van der Waals surface area contributed by atoms with Gasteiger partial charge in [0, 0.05) is 31.0 Å². The molecular weight excluding hydrogens is 420 g/mol. The minimum atomic E-state index is -0.900. The standard InChI is InChI=1S/C26H30N2O5/c1-2-17(14-24(29)28-13-7-8-18(28)15-25(30)31)27-26(32)33-16-23-21-11-5-3-9-19(21)20-10-4-6-12-22(20)23/h3-6,9-12,17-18,23H,2,7-8,13-16H2,1H3,(H,27,32)(H,30,31)/t17-,18+/m0/s1.